The summed E-state index contributed by atoms with van der Waals surface area (Å²) in [5, 5.41) is 4.89. The Balaban J connectivity index is 1.95. The van der Waals surface area contributed by atoms with Crippen LogP contribution in [0.5, 0.6) is 0 Å². The molecule has 3 N–H and O–H groups in total. The van der Waals surface area contributed by atoms with E-state index in [-0.39, 0.29) is 5.75 Å². The molecule has 0 amide bonds. The predicted octanol–water partition coefficient (Wildman–Crippen LogP) is 1.46. The first-order valence-electron chi connectivity index (χ1n) is 5.89. The highest BCUT2D eigenvalue weighted by Gasteiger charge is 2.07. The molecule has 0 saturated carbocycles. The molecular formula is C12H16ClN3O2S. The summed E-state index contributed by atoms with van der Waals surface area (Å²) in [7, 11) is -1.73. The number of nitrogens with one attached hydrogen (secondary N) is 3. The van der Waals surface area contributed by atoms with Gasteiger partial charge in [-0.25, -0.2) is 13.1 Å². The summed E-state index contributed by atoms with van der Waals surface area (Å²) >= 11 is 5.91. The largest absolute Gasteiger partial charge is 0.361 e. The van der Waals surface area contributed by atoms with Crippen molar-refractivity contribution >= 4 is 32.5 Å². The van der Waals surface area contributed by atoms with Crippen molar-refractivity contribution in [3.63, 3.8) is 0 Å². The average molecular weight is 302 g/mol. The van der Waals surface area contributed by atoms with E-state index in [1.54, 1.807) is 0 Å². The van der Waals surface area contributed by atoms with Crippen molar-refractivity contribution in [1.29, 1.82) is 0 Å². The number of hydrogen-bond acceptors (Lipinski definition) is 3. The molecule has 0 atom stereocenters. The van der Waals surface area contributed by atoms with Crippen LogP contribution in [0.25, 0.3) is 10.9 Å². The maximum atomic E-state index is 11.2. The van der Waals surface area contributed by atoms with Gasteiger partial charge in [-0.15, -0.1) is 0 Å². The molecule has 1 aromatic heterocycles. The van der Waals surface area contributed by atoms with Gasteiger partial charge in [0.15, 0.2) is 0 Å². The maximum Gasteiger partial charge on any atom is 0.212 e. The van der Waals surface area contributed by atoms with Crippen LogP contribution in [0.4, 0.5) is 0 Å². The van der Waals surface area contributed by atoms with Crippen LogP contribution in [-0.4, -0.2) is 32.7 Å². The predicted molar refractivity (Wildman–Crippen MR) is 77.9 cm³/mol. The third-order valence-corrected chi connectivity index (χ3v) is 4.50. The fourth-order valence-electron chi connectivity index (χ4n) is 1.84. The van der Waals surface area contributed by atoms with E-state index in [2.05, 4.69) is 15.0 Å². The van der Waals surface area contributed by atoms with Gasteiger partial charge in [-0.2, -0.15) is 0 Å². The lowest BCUT2D eigenvalue weighted by molar-refractivity contribution is 0.583. The summed E-state index contributed by atoms with van der Waals surface area (Å²) in [6.07, 6.45) is 1.90. The molecular weight excluding hydrogens is 286 g/mol. The Morgan fingerprint density at radius 2 is 2.16 bits per heavy atom. The third-order valence-electron chi connectivity index (χ3n) is 2.90. The van der Waals surface area contributed by atoms with E-state index in [0.717, 1.165) is 16.5 Å². The smallest absolute Gasteiger partial charge is 0.212 e. The molecule has 0 spiro atoms. The topological polar surface area (TPSA) is 74.0 Å². The number of benzene rings is 1. The molecule has 104 valence electrons. The quantitative estimate of drug-likeness (QED) is 0.707. The Bertz CT molecular complexity index is 667. The van der Waals surface area contributed by atoms with Gasteiger partial charge in [0.2, 0.25) is 10.0 Å². The van der Waals surface area contributed by atoms with Gasteiger partial charge >= 0.3 is 0 Å². The fourth-order valence-corrected chi connectivity index (χ4v) is 2.63. The number of sulfonamides is 1. The number of fused-ring (bicyclic) bond motifs is 1. The zero-order chi connectivity index (χ0) is 13.9. The molecule has 19 heavy (non-hydrogen) atoms. The minimum atomic E-state index is -3.15. The van der Waals surface area contributed by atoms with E-state index in [0.29, 0.717) is 18.1 Å². The van der Waals surface area contributed by atoms with E-state index in [9.17, 15) is 8.42 Å². The van der Waals surface area contributed by atoms with E-state index < -0.39 is 10.0 Å². The first-order chi connectivity index (χ1) is 9.02. The first kappa shape index (κ1) is 14.3. The molecule has 2 rings (SSSR count). The number of aromatic amines is 1. The van der Waals surface area contributed by atoms with Crippen LogP contribution >= 0.6 is 11.6 Å². The normalized spacial score (nSPS) is 12.1. The molecule has 0 bridgehead atoms. The van der Waals surface area contributed by atoms with Gasteiger partial charge in [0.05, 0.1) is 5.75 Å². The van der Waals surface area contributed by atoms with E-state index in [1.807, 2.05) is 24.4 Å². The zero-order valence-corrected chi connectivity index (χ0v) is 12.1. The molecule has 1 aromatic carbocycles. The van der Waals surface area contributed by atoms with Crippen molar-refractivity contribution in [3.05, 3.63) is 35.0 Å². The second-order valence-corrected chi connectivity index (χ2v) is 6.69. The molecule has 5 nitrogen and oxygen atoms in total. The van der Waals surface area contributed by atoms with Crippen molar-refractivity contribution in [2.45, 2.75) is 6.54 Å². The number of rotatable bonds is 6. The lowest BCUT2D eigenvalue weighted by Crippen LogP contribution is -2.29. The molecule has 0 unspecified atom stereocenters. The number of aromatic nitrogens is 1. The van der Waals surface area contributed by atoms with Gasteiger partial charge < -0.3 is 10.3 Å². The summed E-state index contributed by atoms with van der Waals surface area (Å²) in [6.45, 7) is 1.02. The Hall–Kier alpha value is -1.08. The minimum Gasteiger partial charge on any atom is -0.361 e. The van der Waals surface area contributed by atoms with Crippen LogP contribution < -0.4 is 10.0 Å². The van der Waals surface area contributed by atoms with Crippen LogP contribution in [0.15, 0.2) is 24.4 Å². The van der Waals surface area contributed by atoms with Crippen molar-refractivity contribution in [2.24, 2.45) is 0 Å². The SMILES string of the molecule is CNS(=O)(=O)CCNCc1c[nH]c2cc(Cl)ccc12. The summed E-state index contributed by atoms with van der Waals surface area (Å²) in [4.78, 5) is 3.14. The molecule has 0 aliphatic rings. The van der Waals surface area contributed by atoms with Crippen LogP contribution in [0.1, 0.15) is 5.56 Å². The van der Waals surface area contributed by atoms with Crippen molar-refractivity contribution < 1.29 is 8.42 Å². The van der Waals surface area contributed by atoms with Crippen LogP contribution in [0.3, 0.4) is 0 Å². The molecule has 0 aliphatic heterocycles. The molecule has 0 saturated heterocycles. The van der Waals surface area contributed by atoms with Gasteiger partial charge in [0.1, 0.15) is 0 Å². The molecule has 0 aliphatic carbocycles. The van der Waals surface area contributed by atoms with Crippen molar-refractivity contribution in [1.82, 2.24) is 15.0 Å². The Morgan fingerprint density at radius 1 is 1.37 bits per heavy atom. The molecule has 7 heteroatoms. The maximum absolute atomic E-state index is 11.2. The highest BCUT2D eigenvalue weighted by atomic mass is 35.5. The van der Waals surface area contributed by atoms with E-state index in [1.165, 1.54) is 7.05 Å². The third kappa shape index (κ3) is 3.70. The van der Waals surface area contributed by atoms with Crippen LogP contribution in [-0.2, 0) is 16.6 Å². The van der Waals surface area contributed by atoms with Crippen molar-refractivity contribution in [2.75, 3.05) is 19.3 Å². The van der Waals surface area contributed by atoms with Crippen LogP contribution in [0, 0.1) is 0 Å². The Morgan fingerprint density at radius 3 is 2.89 bits per heavy atom. The van der Waals surface area contributed by atoms with Gasteiger partial charge in [0, 0.05) is 35.2 Å². The lowest BCUT2D eigenvalue weighted by atomic mass is 10.2. The highest BCUT2D eigenvalue weighted by Crippen LogP contribution is 2.21. The average Bonchev–Trinajstić information content (AvgIpc) is 2.77. The Labute approximate surface area is 117 Å². The summed E-state index contributed by atoms with van der Waals surface area (Å²) in [5.41, 5.74) is 2.07. The van der Waals surface area contributed by atoms with E-state index >= 15 is 0 Å². The molecule has 2 aromatic rings. The van der Waals surface area contributed by atoms with Gasteiger partial charge in [-0.3, -0.25) is 0 Å². The monoisotopic (exact) mass is 301 g/mol. The summed E-state index contributed by atoms with van der Waals surface area (Å²) < 4.78 is 24.8. The number of hydrogen-bond donors (Lipinski definition) is 3. The molecule has 0 fully saturated rings. The summed E-state index contributed by atoms with van der Waals surface area (Å²) in [5.74, 6) is 0.0671. The summed E-state index contributed by atoms with van der Waals surface area (Å²) in [6, 6.07) is 5.66. The fraction of sp³-hybridized carbons (Fsp3) is 0.333. The number of halogens is 1. The van der Waals surface area contributed by atoms with Gasteiger partial charge in [0.25, 0.3) is 0 Å². The molecule has 1 heterocycles. The standard InChI is InChI=1S/C12H16ClN3O2S/c1-14-19(17,18)5-4-15-7-9-8-16-12-6-10(13)2-3-11(9)12/h2-3,6,8,14-16H,4-5,7H2,1H3. The van der Waals surface area contributed by atoms with Crippen molar-refractivity contribution in [3.8, 4) is 0 Å². The Kier molecular flexibility index (Phi) is 4.46. The minimum absolute atomic E-state index is 0.0671. The second-order valence-electron chi connectivity index (χ2n) is 4.20. The highest BCUT2D eigenvalue weighted by molar-refractivity contribution is 7.89. The number of H-pyrrole nitrogens is 1. The van der Waals surface area contributed by atoms with Crippen LogP contribution in [0.2, 0.25) is 5.02 Å². The second kappa shape index (κ2) is 5.92. The van der Waals surface area contributed by atoms with Gasteiger partial charge in [-0.1, -0.05) is 17.7 Å². The van der Waals surface area contributed by atoms with Gasteiger partial charge in [-0.05, 0) is 24.7 Å². The zero-order valence-electron chi connectivity index (χ0n) is 10.5. The van der Waals surface area contributed by atoms with E-state index in [4.69, 9.17) is 11.6 Å². The lowest BCUT2D eigenvalue weighted by Gasteiger charge is -2.04. The molecule has 0 radical (unpaired) electrons. The first-order valence-corrected chi connectivity index (χ1v) is 7.92.